The number of aliphatic hydroxyl groups excluding tert-OH is 1. The molecule has 0 spiro atoms. The molecule has 17 heavy (non-hydrogen) atoms. The number of anilines is 1. The van der Waals surface area contributed by atoms with Crippen LogP contribution in [-0.2, 0) is 0 Å². The van der Waals surface area contributed by atoms with Crippen molar-refractivity contribution in [3.8, 4) is 5.88 Å². The zero-order chi connectivity index (χ0) is 12.5. The second kappa shape index (κ2) is 7.84. The molecule has 1 aromatic rings. The van der Waals surface area contributed by atoms with Crippen LogP contribution in [0.1, 0.15) is 31.2 Å². The highest BCUT2D eigenvalue weighted by Gasteiger charge is 2.05. The Kier molecular flexibility index (Phi) is 6.32. The van der Waals surface area contributed by atoms with Crippen LogP contribution in [0.2, 0.25) is 0 Å². The van der Waals surface area contributed by atoms with E-state index < -0.39 is 0 Å². The summed E-state index contributed by atoms with van der Waals surface area (Å²) in [6, 6.07) is 0. The van der Waals surface area contributed by atoms with Gasteiger partial charge in [0, 0.05) is 13.2 Å². The van der Waals surface area contributed by atoms with E-state index in [1.54, 1.807) is 7.11 Å². The maximum Gasteiger partial charge on any atom is 0.221 e. The summed E-state index contributed by atoms with van der Waals surface area (Å²) in [6.07, 6.45) is 5.66. The number of aromatic nitrogens is 2. The highest BCUT2D eigenvalue weighted by Crippen LogP contribution is 2.19. The Labute approximate surface area is 102 Å². The molecular weight excluding hydrogens is 218 g/mol. The second-order valence-electron chi connectivity index (χ2n) is 3.92. The van der Waals surface area contributed by atoms with E-state index in [2.05, 4.69) is 15.3 Å². The maximum absolute atomic E-state index is 8.65. The first-order chi connectivity index (χ1) is 8.29. The molecular formula is C12H21N3O2. The van der Waals surface area contributed by atoms with Gasteiger partial charge >= 0.3 is 0 Å². The lowest BCUT2D eigenvalue weighted by Gasteiger charge is -2.10. The number of hydrogen-bond acceptors (Lipinski definition) is 5. The SMILES string of the molecule is COc1ncnc(NCCCCCCO)c1C. The van der Waals surface area contributed by atoms with Gasteiger partial charge in [-0.25, -0.2) is 9.97 Å². The van der Waals surface area contributed by atoms with E-state index in [1.807, 2.05) is 6.92 Å². The first-order valence-electron chi connectivity index (χ1n) is 6.00. The van der Waals surface area contributed by atoms with Crippen LogP contribution in [0.5, 0.6) is 5.88 Å². The fourth-order valence-electron chi connectivity index (χ4n) is 1.62. The number of hydrogen-bond donors (Lipinski definition) is 2. The molecule has 0 aromatic carbocycles. The quantitative estimate of drug-likeness (QED) is 0.677. The lowest BCUT2D eigenvalue weighted by Crippen LogP contribution is -2.06. The Morgan fingerprint density at radius 3 is 2.71 bits per heavy atom. The van der Waals surface area contributed by atoms with Crippen molar-refractivity contribution in [1.82, 2.24) is 9.97 Å². The van der Waals surface area contributed by atoms with E-state index in [1.165, 1.54) is 6.33 Å². The number of nitrogens with zero attached hydrogens (tertiary/aromatic N) is 2. The largest absolute Gasteiger partial charge is 0.481 e. The van der Waals surface area contributed by atoms with Crippen LogP contribution in [0.4, 0.5) is 5.82 Å². The van der Waals surface area contributed by atoms with E-state index in [0.717, 1.165) is 43.6 Å². The van der Waals surface area contributed by atoms with Gasteiger partial charge in [0.15, 0.2) is 0 Å². The van der Waals surface area contributed by atoms with Crippen LogP contribution < -0.4 is 10.1 Å². The predicted molar refractivity (Wildman–Crippen MR) is 67.4 cm³/mol. The van der Waals surface area contributed by atoms with Gasteiger partial charge in [0.2, 0.25) is 5.88 Å². The van der Waals surface area contributed by atoms with Gasteiger partial charge < -0.3 is 15.2 Å². The van der Waals surface area contributed by atoms with Gasteiger partial charge in [-0.15, -0.1) is 0 Å². The van der Waals surface area contributed by atoms with Crippen LogP contribution in [0.25, 0.3) is 0 Å². The predicted octanol–water partition coefficient (Wildman–Crippen LogP) is 1.76. The third-order valence-electron chi connectivity index (χ3n) is 2.61. The van der Waals surface area contributed by atoms with E-state index in [0.29, 0.717) is 5.88 Å². The van der Waals surface area contributed by atoms with Crippen molar-refractivity contribution in [2.75, 3.05) is 25.6 Å². The molecule has 0 amide bonds. The molecule has 0 bridgehead atoms. The van der Waals surface area contributed by atoms with Gasteiger partial charge in [-0.05, 0) is 19.8 Å². The van der Waals surface area contributed by atoms with Gasteiger partial charge in [-0.1, -0.05) is 12.8 Å². The van der Waals surface area contributed by atoms with E-state index in [4.69, 9.17) is 9.84 Å². The molecule has 0 aliphatic rings. The second-order valence-corrected chi connectivity index (χ2v) is 3.92. The molecule has 0 saturated carbocycles. The van der Waals surface area contributed by atoms with Crippen molar-refractivity contribution in [1.29, 1.82) is 0 Å². The summed E-state index contributed by atoms with van der Waals surface area (Å²) in [5.74, 6) is 1.45. The Hall–Kier alpha value is -1.36. The first kappa shape index (κ1) is 13.7. The number of nitrogens with one attached hydrogen (secondary N) is 1. The lowest BCUT2D eigenvalue weighted by molar-refractivity contribution is 0.283. The number of aliphatic hydroxyl groups is 1. The zero-order valence-corrected chi connectivity index (χ0v) is 10.6. The van der Waals surface area contributed by atoms with Crippen LogP contribution >= 0.6 is 0 Å². The normalized spacial score (nSPS) is 10.3. The average molecular weight is 239 g/mol. The van der Waals surface area contributed by atoms with Gasteiger partial charge in [0.25, 0.3) is 0 Å². The van der Waals surface area contributed by atoms with Gasteiger partial charge in [-0.3, -0.25) is 0 Å². The van der Waals surface area contributed by atoms with Crippen LogP contribution in [0, 0.1) is 6.92 Å². The van der Waals surface area contributed by atoms with E-state index in [-0.39, 0.29) is 6.61 Å². The standard InChI is InChI=1S/C12H21N3O2/c1-10-11(14-9-15-12(10)17-2)13-7-5-3-4-6-8-16/h9,16H,3-8H2,1-2H3,(H,13,14,15). The average Bonchev–Trinajstić information content (AvgIpc) is 2.35. The third-order valence-corrected chi connectivity index (χ3v) is 2.61. The highest BCUT2D eigenvalue weighted by molar-refractivity contribution is 5.47. The van der Waals surface area contributed by atoms with Crippen molar-refractivity contribution in [3.05, 3.63) is 11.9 Å². The molecule has 0 radical (unpaired) electrons. The van der Waals surface area contributed by atoms with Crippen molar-refractivity contribution >= 4 is 5.82 Å². The number of unbranched alkanes of at least 4 members (excludes halogenated alkanes) is 3. The van der Waals surface area contributed by atoms with Crippen molar-refractivity contribution in [3.63, 3.8) is 0 Å². The van der Waals surface area contributed by atoms with Gasteiger partial charge in [0.1, 0.15) is 12.1 Å². The summed E-state index contributed by atoms with van der Waals surface area (Å²) in [5.41, 5.74) is 0.936. The fraction of sp³-hybridized carbons (Fsp3) is 0.667. The summed E-state index contributed by atoms with van der Waals surface area (Å²) < 4.78 is 5.13. The van der Waals surface area contributed by atoms with Gasteiger partial charge in [-0.2, -0.15) is 0 Å². The smallest absolute Gasteiger partial charge is 0.221 e. The fourth-order valence-corrected chi connectivity index (χ4v) is 1.62. The topological polar surface area (TPSA) is 67.3 Å². The minimum atomic E-state index is 0.287. The highest BCUT2D eigenvalue weighted by atomic mass is 16.5. The molecule has 0 aliphatic carbocycles. The Morgan fingerprint density at radius 1 is 1.24 bits per heavy atom. The van der Waals surface area contributed by atoms with Crippen molar-refractivity contribution in [2.24, 2.45) is 0 Å². The monoisotopic (exact) mass is 239 g/mol. The minimum Gasteiger partial charge on any atom is -0.481 e. The number of rotatable bonds is 8. The molecule has 96 valence electrons. The van der Waals surface area contributed by atoms with E-state index in [9.17, 15) is 0 Å². The number of ether oxygens (including phenoxy) is 1. The molecule has 1 aromatic heterocycles. The van der Waals surface area contributed by atoms with E-state index >= 15 is 0 Å². The third kappa shape index (κ3) is 4.56. The number of methoxy groups -OCH3 is 1. The molecule has 2 N–H and O–H groups in total. The summed E-state index contributed by atoms with van der Waals surface area (Å²) in [5, 5.41) is 11.9. The van der Waals surface area contributed by atoms with Crippen molar-refractivity contribution < 1.29 is 9.84 Å². The molecule has 1 heterocycles. The molecule has 0 saturated heterocycles. The molecule has 5 heteroatoms. The molecule has 0 unspecified atom stereocenters. The summed E-state index contributed by atoms with van der Waals surface area (Å²) in [7, 11) is 1.61. The lowest BCUT2D eigenvalue weighted by atomic mass is 10.2. The molecule has 0 aliphatic heterocycles. The molecule has 5 nitrogen and oxygen atoms in total. The van der Waals surface area contributed by atoms with Crippen LogP contribution in [0.15, 0.2) is 6.33 Å². The zero-order valence-electron chi connectivity index (χ0n) is 10.6. The summed E-state index contributed by atoms with van der Waals surface area (Å²) in [4.78, 5) is 8.20. The van der Waals surface area contributed by atoms with Crippen LogP contribution in [-0.4, -0.2) is 35.3 Å². The first-order valence-corrected chi connectivity index (χ1v) is 6.00. The minimum absolute atomic E-state index is 0.287. The van der Waals surface area contributed by atoms with Crippen LogP contribution in [0.3, 0.4) is 0 Å². The molecule has 0 atom stereocenters. The molecule has 1 rings (SSSR count). The summed E-state index contributed by atoms with van der Waals surface area (Å²) in [6.45, 7) is 3.11. The van der Waals surface area contributed by atoms with Gasteiger partial charge in [0.05, 0.1) is 12.7 Å². The Morgan fingerprint density at radius 2 is 2.00 bits per heavy atom. The Bertz CT molecular complexity index is 332. The molecule has 0 fully saturated rings. The summed E-state index contributed by atoms with van der Waals surface area (Å²) >= 11 is 0. The maximum atomic E-state index is 8.65. The Balaban J connectivity index is 2.31. The van der Waals surface area contributed by atoms with Crippen molar-refractivity contribution in [2.45, 2.75) is 32.6 Å².